The van der Waals surface area contributed by atoms with Gasteiger partial charge in [0.05, 0.1) is 5.94 Å². The monoisotopic (exact) mass is 119 g/mol. The van der Waals surface area contributed by atoms with E-state index in [0.29, 0.717) is 0 Å². The zero-order valence-corrected chi connectivity index (χ0v) is 5.46. The highest BCUT2D eigenvalue weighted by molar-refractivity contribution is 7.99. The van der Waals surface area contributed by atoms with E-state index in [9.17, 15) is 0 Å². The molecule has 0 aliphatic heterocycles. The number of rotatable bonds is 4. The largest absolute Gasteiger partial charge is 0.371 e. The first-order valence-corrected chi connectivity index (χ1v) is 3.52. The van der Waals surface area contributed by atoms with Crippen LogP contribution in [0.4, 0.5) is 0 Å². The molecule has 0 aromatic rings. The van der Waals surface area contributed by atoms with Crippen molar-refractivity contribution in [3.63, 3.8) is 0 Å². The van der Waals surface area contributed by atoms with Gasteiger partial charge in [-0.05, 0) is 19.6 Å². The molecule has 43 valence electrons. The third-order valence-electron chi connectivity index (χ3n) is 0.515. The first-order chi connectivity index (χ1) is 3.41. The van der Waals surface area contributed by atoms with Gasteiger partial charge >= 0.3 is 0 Å². The molecule has 0 heterocycles. The number of ether oxygens (including phenoxy) is 1. The summed E-state index contributed by atoms with van der Waals surface area (Å²) in [6.45, 7) is 6.44. The lowest BCUT2D eigenvalue weighted by Gasteiger charge is -1.94. The molecular formula is C5H11OS. The standard InChI is InChI=1S/C5H11OS/c1-3-6-5-7-4-2/h2-5H2,1H3. The van der Waals surface area contributed by atoms with E-state index in [0.717, 1.165) is 18.3 Å². The van der Waals surface area contributed by atoms with Crippen molar-refractivity contribution in [1.82, 2.24) is 0 Å². The van der Waals surface area contributed by atoms with Crippen molar-refractivity contribution in [2.75, 3.05) is 18.3 Å². The van der Waals surface area contributed by atoms with Gasteiger partial charge in [-0.1, -0.05) is 0 Å². The summed E-state index contributed by atoms with van der Waals surface area (Å²) in [6.07, 6.45) is 0. The van der Waals surface area contributed by atoms with Crippen LogP contribution in [0.3, 0.4) is 0 Å². The summed E-state index contributed by atoms with van der Waals surface area (Å²) in [7, 11) is 0. The van der Waals surface area contributed by atoms with Crippen LogP contribution in [0.15, 0.2) is 0 Å². The van der Waals surface area contributed by atoms with E-state index >= 15 is 0 Å². The Bertz CT molecular complexity index is 27.3. The normalized spacial score (nSPS) is 9.43. The van der Waals surface area contributed by atoms with Crippen molar-refractivity contribution < 1.29 is 4.74 Å². The minimum absolute atomic E-state index is 0.792. The van der Waals surface area contributed by atoms with Gasteiger partial charge in [-0.25, -0.2) is 0 Å². The van der Waals surface area contributed by atoms with E-state index < -0.39 is 0 Å². The highest BCUT2D eigenvalue weighted by Gasteiger charge is 1.78. The van der Waals surface area contributed by atoms with Gasteiger partial charge in [-0.3, -0.25) is 0 Å². The van der Waals surface area contributed by atoms with Gasteiger partial charge in [-0.2, -0.15) is 0 Å². The molecule has 2 heteroatoms. The SMILES string of the molecule is [CH2]CSCOCC. The lowest BCUT2D eigenvalue weighted by Crippen LogP contribution is -1.87. The van der Waals surface area contributed by atoms with Crippen molar-refractivity contribution in [2.45, 2.75) is 6.92 Å². The summed E-state index contributed by atoms with van der Waals surface area (Å²) < 4.78 is 5.00. The Hall–Kier alpha value is 0.310. The molecule has 0 saturated carbocycles. The van der Waals surface area contributed by atoms with Crippen LogP contribution in [0.5, 0.6) is 0 Å². The van der Waals surface area contributed by atoms with E-state index in [1.54, 1.807) is 11.8 Å². The minimum atomic E-state index is 0.792. The molecule has 0 aromatic carbocycles. The van der Waals surface area contributed by atoms with Crippen LogP contribution in [0.25, 0.3) is 0 Å². The number of hydrogen-bond donors (Lipinski definition) is 0. The quantitative estimate of drug-likeness (QED) is 0.410. The predicted molar refractivity (Wildman–Crippen MR) is 34.3 cm³/mol. The summed E-state index contributed by atoms with van der Waals surface area (Å²) in [5, 5.41) is 0. The van der Waals surface area contributed by atoms with E-state index in [-0.39, 0.29) is 0 Å². The highest BCUT2D eigenvalue weighted by atomic mass is 32.2. The lowest BCUT2D eigenvalue weighted by molar-refractivity contribution is 0.199. The van der Waals surface area contributed by atoms with E-state index in [2.05, 4.69) is 6.92 Å². The fourth-order valence-corrected chi connectivity index (χ4v) is 0.604. The molecule has 0 aliphatic rings. The minimum Gasteiger partial charge on any atom is -0.371 e. The molecule has 0 aliphatic carbocycles. The molecule has 0 fully saturated rings. The van der Waals surface area contributed by atoms with Crippen LogP contribution in [0.1, 0.15) is 6.92 Å². The van der Waals surface area contributed by atoms with Gasteiger partial charge in [0.1, 0.15) is 0 Å². The fraction of sp³-hybridized carbons (Fsp3) is 0.800. The van der Waals surface area contributed by atoms with Gasteiger partial charge in [0.25, 0.3) is 0 Å². The molecule has 0 atom stereocenters. The van der Waals surface area contributed by atoms with Gasteiger partial charge < -0.3 is 4.74 Å². The average molecular weight is 119 g/mol. The van der Waals surface area contributed by atoms with Crippen molar-refractivity contribution in [2.24, 2.45) is 0 Å². The Labute approximate surface area is 49.4 Å². The van der Waals surface area contributed by atoms with Crippen LogP contribution in [0.2, 0.25) is 0 Å². The summed E-state index contributed by atoms with van der Waals surface area (Å²) in [4.78, 5) is 0. The van der Waals surface area contributed by atoms with Gasteiger partial charge in [0.2, 0.25) is 0 Å². The van der Waals surface area contributed by atoms with Crippen LogP contribution in [-0.4, -0.2) is 18.3 Å². The number of hydrogen-bond acceptors (Lipinski definition) is 2. The first-order valence-electron chi connectivity index (χ1n) is 2.36. The molecule has 0 aromatic heterocycles. The Morgan fingerprint density at radius 3 is 2.86 bits per heavy atom. The molecule has 7 heavy (non-hydrogen) atoms. The second-order valence-corrected chi connectivity index (χ2v) is 2.07. The van der Waals surface area contributed by atoms with Crippen molar-refractivity contribution in [3.05, 3.63) is 6.92 Å². The maximum atomic E-state index is 5.00. The third kappa shape index (κ3) is 6.31. The molecule has 1 radical (unpaired) electrons. The lowest BCUT2D eigenvalue weighted by atomic mass is 10.9. The first kappa shape index (κ1) is 7.31. The molecule has 0 saturated heterocycles. The highest BCUT2D eigenvalue weighted by Crippen LogP contribution is 1.96. The van der Waals surface area contributed by atoms with Crippen LogP contribution >= 0.6 is 11.8 Å². The summed E-state index contributed by atoms with van der Waals surface area (Å²) in [5.74, 6) is 1.69. The zero-order chi connectivity index (χ0) is 5.54. The number of thioether (sulfide) groups is 1. The molecular weight excluding hydrogens is 108 g/mol. The van der Waals surface area contributed by atoms with Crippen molar-refractivity contribution in [3.8, 4) is 0 Å². The summed E-state index contributed by atoms with van der Waals surface area (Å²) in [5.41, 5.74) is 0. The Kier molecular flexibility index (Phi) is 6.59. The molecule has 0 amide bonds. The second-order valence-electron chi connectivity index (χ2n) is 1.02. The third-order valence-corrected chi connectivity index (χ3v) is 1.14. The van der Waals surface area contributed by atoms with Crippen LogP contribution in [0, 0.1) is 6.92 Å². The van der Waals surface area contributed by atoms with Crippen LogP contribution in [-0.2, 0) is 4.74 Å². The fourth-order valence-electron chi connectivity index (χ4n) is 0.201. The Morgan fingerprint density at radius 2 is 2.43 bits per heavy atom. The second kappa shape index (κ2) is 6.31. The van der Waals surface area contributed by atoms with E-state index in [4.69, 9.17) is 4.74 Å². The maximum absolute atomic E-state index is 5.00. The summed E-state index contributed by atoms with van der Waals surface area (Å²) in [6, 6.07) is 0. The molecule has 0 unspecified atom stereocenters. The zero-order valence-electron chi connectivity index (χ0n) is 4.64. The maximum Gasteiger partial charge on any atom is 0.0920 e. The Morgan fingerprint density at radius 1 is 1.71 bits per heavy atom. The molecule has 0 rings (SSSR count). The van der Waals surface area contributed by atoms with Gasteiger partial charge in [-0.15, -0.1) is 11.8 Å². The van der Waals surface area contributed by atoms with Crippen LogP contribution < -0.4 is 0 Å². The van der Waals surface area contributed by atoms with E-state index in [1.807, 2.05) is 6.92 Å². The van der Waals surface area contributed by atoms with E-state index in [1.165, 1.54) is 0 Å². The average Bonchev–Trinajstić information content (AvgIpc) is 1.69. The smallest absolute Gasteiger partial charge is 0.0920 e. The van der Waals surface area contributed by atoms with Gasteiger partial charge in [0.15, 0.2) is 0 Å². The van der Waals surface area contributed by atoms with Crippen molar-refractivity contribution >= 4 is 11.8 Å². The predicted octanol–water partition coefficient (Wildman–Crippen LogP) is 1.55. The Balaban J connectivity index is 2.45. The topological polar surface area (TPSA) is 9.23 Å². The summed E-state index contributed by atoms with van der Waals surface area (Å²) >= 11 is 1.70. The van der Waals surface area contributed by atoms with Crippen molar-refractivity contribution in [1.29, 1.82) is 0 Å². The molecule has 1 nitrogen and oxygen atoms in total. The molecule has 0 spiro atoms. The molecule has 0 N–H and O–H groups in total. The van der Waals surface area contributed by atoms with Gasteiger partial charge in [0, 0.05) is 6.61 Å². The molecule has 0 bridgehead atoms.